The van der Waals surface area contributed by atoms with Crippen LogP contribution in [0.1, 0.15) is 19.8 Å². The molecular formula is C13H18N2O. The summed E-state index contributed by atoms with van der Waals surface area (Å²) in [7, 11) is 1.81. The van der Waals surface area contributed by atoms with Gasteiger partial charge in [0.15, 0.2) is 0 Å². The maximum atomic E-state index is 11.3. The van der Waals surface area contributed by atoms with E-state index in [1.54, 1.807) is 11.8 Å². The molecule has 0 unspecified atom stereocenters. The summed E-state index contributed by atoms with van der Waals surface area (Å²) in [5, 5.41) is 0. The molecule has 16 heavy (non-hydrogen) atoms. The minimum absolute atomic E-state index is 0.0681. The first-order valence-corrected chi connectivity index (χ1v) is 5.78. The molecule has 1 aliphatic heterocycles. The van der Waals surface area contributed by atoms with E-state index in [2.05, 4.69) is 17.0 Å². The topological polar surface area (TPSA) is 23.6 Å². The van der Waals surface area contributed by atoms with Gasteiger partial charge in [-0.15, -0.1) is 0 Å². The van der Waals surface area contributed by atoms with Crippen LogP contribution in [-0.2, 0) is 4.79 Å². The number of carbonyl (C=O) groups is 1. The van der Waals surface area contributed by atoms with E-state index in [0.717, 1.165) is 18.8 Å². The number of benzene rings is 1. The fraction of sp³-hybridized carbons (Fsp3) is 0.462. The molecule has 0 radical (unpaired) electrons. The summed E-state index contributed by atoms with van der Waals surface area (Å²) >= 11 is 0. The lowest BCUT2D eigenvalue weighted by atomic mass is 10.2. The normalized spacial score (nSPS) is 15.2. The zero-order chi connectivity index (χ0) is 11.5. The van der Waals surface area contributed by atoms with Gasteiger partial charge >= 0.3 is 0 Å². The van der Waals surface area contributed by atoms with E-state index in [0.29, 0.717) is 0 Å². The molecule has 1 fully saturated rings. The summed E-state index contributed by atoms with van der Waals surface area (Å²) in [5.74, 6) is 0.0681. The largest absolute Gasteiger partial charge is 0.371 e. The molecule has 0 spiro atoms. The smallest absolute Gasteiger partial charge is 0.223 e. The molecule has 1 aliphatic rings. The van der Waals surface area contributed by atoms with Crippen LogP contribution in [0.3, 0.4) is 0 Å². The fourth-order valence-corrected chi connectivity index (χ4v) is 2.06. The SMILES string of the molecule is CC(=O)N(C)c1cccc(N2CCCC2)c1. The van der Waals surface area contributed by atoms with Gasteiger partial charge in [-0.3, -0.25) is 4.79 Å². The Kier molecular flexibility index (Phi) is 3.13. The highest BCUT2D eigenvalue weighted by molar-refractivity contribution is 5.91. The highest BCUT2D eigenvalue weighted by Crippen LogP contribution is 2.24. The number of carbonyl (C=O) groups excluding carboxylic acids is 1. The third kappa shape index (κ3) is 2.18. The average molecular weight is 218 g/mol. The van der Waals surface area contributed by atoms with Crippen molar-refractivity contribution in [3.05, 3.63) is 24.3 Å². The van der Waals surface area contributed by atoms with Crippen molar-refractivity contribution in [3.8, 4) is 0 Å². The number of rotatable bonds is 2. The summed E-state index contributed by atoms with van der Waals surface area (Å²) in [6, 6.07) is 8.19. The Morgan fingerprint density at radius 2 is 2.00 bits per heavy atom. The lowest BCUT2D eigenvalue weighted by Crippen LogP contribution is -2.23. The Bertz CT molecular complexity index is 383. The second-order valence-electron chi connectivity index (χ2n) is 4.29. The van der Waals surface area contributed by atoms with Crippen molar-refractivity contribution in [2.24, 2.45) is 0 Å². The molecular weight excluding hydrogens is 200 g/mol. The van der Waals surface area contributed by atoms with Gasteiger partial charge < -0.3 is 9.80 Å². The Hall–Kier alpha value is -1.51. The van der Waals surface area contributed by atoms with Crippen molar-refractivity contribution in [1.29, 1.82) is 0 Å². The Morgan fingerprint density at radius 1 is 1.31 bits per heavy atom. The molecule has 1 aromatic carbocycles. The number of anilines is 2. The van der Waals surface area contributed by atoms with E-state index in [-0.39, 0.29) is 5.91 Å². The van der Waals surface area contributed by atoms with Gasteiger partial charge in [0.25, 0.3) is 0 Å². The molecule has 0 saturated carbocycles. The van der Waals surface area contributed by atoms with E-state index in [1.807, 2.05) is 19.2 Å². The molecule has 0 atom stereocenters. The molecule has 1 aromatic rings. The van der Waals surface area contributed by atoms with E-state index in [1.165, 1.54) is 18.5 Å². The highest BCUT2D eigenvalue weighted by Gasteiger charge is 2.13. The van der Waals surface area contributed by atoms with E-state index in [4.69, 9.17) is 0 Å². The highest BCUT2D eigenvalue weighted by atomic mass is 16.2. The van der Waals surface area contributed by atoms with Crippen LogP contribution < -0.4 is 9.80 Å². The van der Waals surface area contributed by atoms with Gasteiger partial charge in [-0.2, -0.15) is 0 Å². The zero-order valence-corrected chi connectivity index (χ0v) is 9.94. The van der Waals surface area contributed by atoms with Crippen LogP contribution in [-0.4, -0.2) is 26.0 Å². The lowest BCUT2D eigenvalue weighted by Gasteiger charge is -2.21. The van der Waals surface area contributed by atoms with Gasteiger partial charge in [0.1, 0.15) is 0 Å². The first-order chi connectivity index (χ1) is 7.68. The molecule has 0 bridgehead atoms. The summed E-state index contributed by atoms with van der Waals surface area (Å²) in [4.78, 5) is 15.3. The minimum Gasteiger partial charge on any atom is -0.371 e. The van der Waals surface area contributed by atoms with Crippen LogP contribution in [0.5, 0.6) is 0 Å². The predicted molar refractivity (Wildman–Crippen MR) is 67.0 cm³/mol. The van der Waals surface area contributed by atoms with Crippen molar-refractivity contribution < 1.29 is 4.79 Å². The average Bonchev–Trinajstić information content (AvgIpc) is 2.81. The summed E-state index contributed by atoms with van der Waals surface area (Å²) in [6.07, 6.45) is 2.54. The Labute approximate surface area is 96.7 Å². The molecule has 3 nitrogen and oxygen atoms in total. The van der Waals surface area contributed by atoms with Crippen molar-refractivity contribution in [2.45, 2.75) is 19.8 Å². The fourth-order valence-electron chi connectivity index (χ4n) is 2.06. The Balaban J connectivity index is 2.21. The van der Waals surface area contributed by atoms with E-state index >= 15 is 0 Å². The molecule has 86 valence electrons. The van der Waals surface area contributed by atoms with Crippen molar-refractivity contribution in [3.63, 3.8) is 0 Å². The maximum absolute atomic E-state index is 11.3. The van der Waals surface area contributed by atoms with E-state index in [9.17, 15) is 4.79 Å². The van der Waals surface area contributed by atoms with Crippen LogP contribution in [0.25, 0.3) is 0 Å². The maximum Gasteiger partial charge on any atom is 0.223 e. The monoisotopic (exact) mass is 218 g/mol. The quantitative estimate of drug-likeness (QED) is 0.760. The van der Waals surface area contributed by atoms with Crippen LogP contribution in [0.15, 0.2) is 24.3 Å². The van der Waals surface area contributed by atoms with Crippen molar-refractivity contribution in [2.75, 3.05) is 29.9 Å². The Morgan fingerprint density at radius 3 is 2.62 bits per heavy atom. The first-order valence-electron chi connectivity index (χ1n) is 5.78. The predicted octanol–water partition coefficient (Wildman–Crippen LogP) is 2.27. The minimum atomic E-state index is 0.0681. The van der Waals surface area contributed by atoms with Crippen molar-refractivity contribution in [1.82, 2.24) is 0 Å². The van der Waals surface area contributed by atoms with Gasteiger partial charge in [0.05, 0.1) is 0 Å². The number of hydrogen-bond acceptors (Lipinski definition) is 2. The summed E-state index contributed by atoms with van der Waals surface area (Å²) < 4.78 is 0. The van der Waals surface area contributed by atoms with Crippen LogP contribution in [0.4, 0.5) is 11.4 Å². The molecule has 0 aliphatic carbocycles. The molecule has 2 rings (SSSR count). The zero-order valence-electron chi connectivity index (χ0n) is 9.94. The third-order valence-corrected chi connectivity index (χ3v) is 3.16. The number of nitrogens with zero attached hydrogens (tertiary/aromatic N) is 2. The second kappa shape index (κ2) is 4.56. The van der Waals surface area contributed by atoms with Gasteiger partial charge in [0.2, 0.25) is 5.91 Å². The third-order valence-electron chi connectivity index (χ3n) is 3.16. The molecule has 3 heteroatoms. The summed E-state index contributed by atoms with van der Waals surface area (Å²) in [5.41, 5.74) is 2.19. The van der Waals surface area contributed by atoms with Gasteiger partial charge in [-0.1, -0.05) is 6.07 Å². The van der Waals surface area contributed by atoms with E-state index < -0.39 is 0 Å². The number of hydrogen-bond donors (Lipinski definition) is 0. The van der Waals surface area contributed by atoms with Crippen LogP contribution in [0, 0.1) is 0 Å². The first kappa shape index (κ1) is 11.0. The number of amides is 1. The van der Waals surface area contributed by atoms with Crippen molar-refractivity contribution >= 4 is 17.3 Å². The van der Waals surface area contributed by atoms with Gasteiger partial charge in [-0.25, -0.2) is 0 Å². The molecule has 0 aromatic heterocycles. The molecule has 1 heterocycles. The van der Waals surface area contributed by atoms with Gasteiger partial charge in [-0.05, 0) is 31.0 Å². The molecule has 1 saturated heterocycles. The molecule has 1 amide bonds. The second-order valence-corrected chi connectivity index (χ2v) is 4.29. The summed E-state index contributed by atoms with van der Waals surface area (Å²) in [6.45, 7) is 3.85. The molecule has 0 N–H and O–H groups in total. The lowest BCUT2D eigenvalue weighted by molar-refractivity contribution is -0.116. The van der Waals surface area contributed by atoms with Crippen LogP contribution in [0.2, 0.25) is 0 Å². The van der Waals surface area contributed by atoms with Crippen LogP contribution >= 0.6 is 0 Å². The van der Waals surface area contributed by atoms with Gasteiger partial charge in [0, 0.05) is 38.4 Å². The standard InChI is InChI=1S/C13H18N2O/c1-11(16)14(2)12-6-5-7-13(10-12)15-8-3-4-9-15/h5-7,10H,3-4,8-9H2,1-2H3.